The summed E-state index contributed by atoms with van der Waals surface area (Å²) in [5.41, 5.74) is 2.90. The predicted octanol–water partition coefficient (Wildman–Crippen LogP) is 4.06. The molecule has 0 spiro atoms. The molecule has 2 aromatic carbocycles. The predicted molar refractivity (Wildman–Crippen MR) is 116 cm³/mol. The number of rotatable bonds is 9. The van der Waals surface area contributed by atoms with Crippen molar-refractivity contribution >= 4 is 40.2 Å². The van der Waals surface area contributed by atoms with Gasteiger partial charge in [-0.1, -0.05) is 6.07 Å². The summed E-state index contributed by atoms with van der Waals surface area (Å²) < 4.78 is 43.5. The fraction of sp³-hybridized carbons (Fsp3) is 0.143. The van der Waals surface area contributed by atoms with E-state index in [0.717, 1.165) is 23.5 Å². The van der Waals surface area contributed by atoms with Crippen molar-refractivity contribution in [2.45, 2.75) is 12.6 Å². The molecule has 12 heteroatoms. The molecule has 0 atom stereocenters. The number of amides is 1. The smallest absolute Gasteiger partial charge is 0.416 e. The van der Waals surface area contributed by atoms with Gasteiger partial charge in [0, 0.05) is 11.1 Å². The van der Waals surface area contributed by atoms with Crippen LogP contribution in [0.15, 0.2) is 59.0 Å². The molecule has 1 heterocycles. The molecule has 1 aromatic heterocycles. The van der Waals surface area contributed by atoms with Crippen molar-refractivity contribution in [3.8, 4) is 5.75 Å². The van der Waals surface area contributed by atoms with Gasteiger partial charge in [0.2, 0.25) is 5.91 Å². The summed E-state index contributed by atoms with van der Waals surface area (Å²) in [6.45, 7) is -0.447. The van der Waals surface area contributed by atoms with E-state index >= 15 is 0 Å². The lowest BCUT2D eigenvalue weighted by Gasteiger charge is -2.08. The number of ether oxygens (including phenoxy) is 1. The van der Waals surface area contributed by atoms with Crippen LogP contribution in [0.25, 0.3) is 0 Å². The van der Waals surface area contributed by atoms with E-state index in [9.17, 15) is 22.8 Å². The maximum atomic E-state index is 12.8. The molecule has 0 unspecified atom stereocenters. The Labute approximate surface area is 189 Å². The van der Waals surface area contributed by atoms with Crippen LogP contribution < -0.4 is 15.5 Å². The number of nitrogens with one attached hydrogen (secondary N) is 2. The number of thiazole rings is 1. The third-order valence-electron chi connectivity index (χ3n) is 3.98. The molecule has 0 aliphatic carbocycles. The average molecular weight is 478 g/mol. The van der Waals surface area contributed by atoms with E-state index in [2.05, 4.69) is 20.8 Å². The van der Waals surface area contributed by atoms with Gasteiger partial charge in [-0.15, -0.1) is 11.3 Å². The summed E-state index contributed by atoms with van der Waals surface area (Å²) in [4.78, 5) is 26.7. The number of carbonyl (C=O) groups is 2. The SMILES string of the molecule is O=C(O)COc1ccc(C=NNC(=O)Cc2csc(Nc3cccc(C(F)(F)F)c3)n2)cc1. The maximum Gasteiger partial charge on any atom is 0.416 e. The van der Waals surface area contributed by atoms with Crippen molar-refractivity contribution in [3.05, 3.63) is 70.7 Å². The third-order valence-corrected chi connectivity index (χ3v) is 4.79. The lowest BCUT2D eigenvalue weighted by molar-refractivity contribution is -0.139. The first-order valence-corrected chi connectivity index (χ1v) is 10.2. The fourth-order valence-corrected chi connectivity index (χ4v) is 3.25. The van der Waals surface area contributed by atoms with Crippen LogP contribution in [0.2, 0.25) is 0 Å². The lowest BCUT2D eigenvalue weighted by Crippen LogP contribution is -2.19. The first-order chi connectivity index (χ1) is 15.7. The van der Waals surface area contributed by atoms with Crippen LogP contribution in [0.5, 0.6) is 5.75 Å². The Kier molecular flexibility index (Phi) is 7.61. The van der Waals surface area contributed by atoms with Crippen LogP contribution in [0.3, 0.4) is 0 Å². The van der Waals surface area contributed by atoms with Crippen LogP contribution in [0, 0.1) is 0 Å². The number of carbonyl (C=O) groups excluding carboxylic acids is 1. The zero-order valence-electron chi connectivity index (χ0n) is 16.8. The molecule has 0 saturated heterocycles. The highest BCUT2D eigenvalue weighted by molar-refractivity contribution is 7.13. The molecule has 1 amide bonds. The normalized spacial score (nSPS) is 11.4. The van der Waals surface area contributed by atoms with E-state index in [4.69, 9.17) is 9.84 Å². The first-order valence-electron chi connectivity index (χ1n) is 9.34. The molecule has 33 heavy (non-hydrogen) atoms. The van der Waals surface area contributed by atoms with Crippen molar-refractivity contribution in [2.24, 2.45) is 5.10 Å². The second-order valence-corrected chi connectivity index (χ2v) is 7.43. The van der Waals surface area contributed by atoms with Crippen molar-refractivity contribution in [1.29, 1.82) is 0 Å². The molecule has 0 fully saturated rings. The Hall–Kier alpha value is -3.93. The molecule has 172 valence electrons. The van der Waals surface area contributed by atoms with Gasteiger partial charge in [-0.3, -0.25) is 4.79 Å². The number of nitrogens with zero attached hydrogens (tertiary/aromatic N) is 2. The molecule has 3 aromatic rings. The Morgan fingerprint density at radius 1 is 1.18 bits per heavy atom. The summed E-state index contributed by atoms with van der Waals surface area (Å²) in [7, 11) is 0. The second-order valence-electron chi connectivity index (χ2n) is 6.57. The van der Waals surface area contributed by atoms with Crippen molar-refractivity contribution in [1.82, 2.24) is 10.4 Å². The van der Waals surface area contributed by atoms with E-state index in [1.54, 1.807) is 29.6 Å². The Balaban J connectivity index is 1.49. The van der Waals surface area contributed by atoms with E-state index < -0.39 is 30.2 Å². The van der Waals surface area contributed by atoms with Crippen LogP contribution in [0.4, 0.5) is 24.0 Å². The van der Waals surface area contributed by atoms with Gasteiger partial charge >= 0.3 is 12.1 Å². The number of carboxylic acid groups (broad SMARTS) is 1. The highest BCUT2D eigenvalue weighted by atomic mass is 32.1. The molecule has 0 radical (unpaired) electrons. The van der Waals surface area contributed by atoms with Gasteiger partial charge < -0.3 is 15.2 Å². The van der Waals surface area contributed by atoms with Crippen LogP contribution >= 0.6 is 11.3 Å². The van der Waals surface area contributed by atoms with E-state index in [0.29, 0.717) is 22.1 Å². The number of hydrogen-bond donors (Lipinski definition) is 3. The van der Waals surface area contributed by atoms with E-state index in [-0.39, 0.29) is 12.1 Å². The monoisotopic (exact) mass is 478 g/mol. The summed E-state index contributed by atoms with van der Waals surface area (Å²) in [5.74, 6) is -1.12. The number of hydrogen-bond acceptors (Lipinski definition) is 7. The van der Waals surface area contributed by atoms with Gasteiger partial charge in [-0.2, -0.15) is 18.3 Å². The minimum atomic E-state index is -4.44. The van der Waals surface area contributed by atoms with E-state index in [1.807, 2.05) is 0 Å². The molecule has 3 N–H and O–H groups in total. The molecule has 3 rings (SSSR count). The number of anilines is 2. The van der Waals surface area contributed by atoms with Gasteiger partial charge in [0.15, 0.2) is 11.7 Å². The molecule has 0 aliphatic rings. The molecule has 0 aliphatic heterocycles. The van der Waals surface area contributed by atoms with Gasteiger partial charge in [0.1, 0.15) is 5.75 Å². The number of aliphatic carboxylic acids is 1. The molecular formula is C21H17F3N4O4S. The number of aromatic nitrogens is 1. The maximum absolute atomic E-state index is 12.8. The van der Waals surface area contributed by atoms with Crippen molar-refractivity contribution in [3.63, 3.8) is 0 Å². The van der Waals surface area contributed by atoms with Gasteiger partial charge in [0.05, 0.1) is 23.9 Å². The van der Waals surface area contributed by atoms with Crippen LogP contribution in [-0.4, -0.2) is 34.8 Å². The standard InChI is InChI=1S/C21H17F3N4O4S/c22-21(23,24)14-2-1-3-15(8-14)26-20-27-16(12-33-20)9-18(29)28-25-10-13-4-6-17(7-5-13)32-11-19(30)31/h1-8,10,12H,9,11H2,(H,26,27)(H,28,29)(H,30,31). The molecule has 0 saturated carbocycles. The highest BCUT2D eigenvalue weighted by Gasteiger charge is 2.30. The van der Waals surface area contributed by atoms with Crippen molar-refractivity contribution in [2.75, 3.05) is 11.9 Å². The summed E-state index contributed by atoms with van der Waals surface area (Å²) in [6, 6.07) is 11.2. The number of benzene rings is 2. The minimum Gasteiger partial charge on any atom is -0.482 e. The zero-order chi connectivity index (χ0) is 23.8. The fourth-order valence-electron chi connectivity index (χ4n) is 2.52. The van der Waals surface area contributed by atoms with Gasteiger partial charge in [-0.25, -0.2) is 15.2 Å². The van der Waals surface area contributed by atoms with Gasteiger partial charge in [0.25, 0.3) is 0 Å². The Morgan fingerprint density at radius 3 is 2.64 bits per heavy atom. The quantitative estimate of drug-likeness (QED) is 0.316. The molecular weight excluding hydrogens is 461 g/mol. The molecule has 0 bridgehead atoms. The Morgan fingerprint density at radius 2 is 1.94 bits per heavy atom. The third kappa shape index (κ3) is 7.61. The number of hydrazone groups is 1. The summed E-state index contributed by atoms with van der Waals surface area (Å²) in [5, 5.41) is 17.2. The van der Waals surface area contributed by atoms with E-state index in [1.165, 1.54) is 18.3 Å². The lowest BCUT2D eigenvalue weighted by atomic mass is 10.2. The number of carboxylic acids is 1. The van der Waals surface area contributed by atoms with Gasteiger partial charge in [-0.05, 0) is 48.0 Å². The summed E-state index contributed by atoms with van der Waals surface area (Å²) in [6.07, 6.45) is -3.11. The zero-order valence-corrected chi connectivity index (χ0v) is 17.6. The second kappa shape index (κ2) is 10.6. The van der Waals surface area contributed by atoms with Crippen LogP contribution in [-0.2, 0) is 22.2 Å². The average Bonchev–Trinajstić information content (AvgIpc) is 3.19. The number of alkyl halides is 3. The molecule has 8 nitrogen and oxygen atoms in total. The van der Waals surface area contributed by atoms with Crippen LogP contribution in [0.1, 0.15) is 16.8 Å². The Bertz CT molecular complexity index is 1150. The van der Waals surface area contributed by atoms with Crippen molar-refractivity contribution < 1.29 is 32.6 Å². The minimum absolute atomic E-state index is 0.0694. The topological polar surface area (TPSA) is 113 Å². The first kappa shape index (κ1) is 23.7. The highest BCUT2D eigenvalue weighted by Crippen LogP contribution is 2.31. The summed E-state index contributed by atoms with van der Waals surface area (Å²) >= 11 is 1.16. The number of halogens is 3. The largest absolute Gasteiger partial charge is 0.482 e.